The summed E-state index contributed by atoms with van der Waals surface area (Å²) in [4.78, 5) is 56.8. The van der Waals surface area contributed by atoms with E-state index < -0.39 is 59.2 Å². The fourth-order valence-corrected chi connectivity index (χ4v) is 7.79. The number of aromatic amines is 1. The van der Waals surface area contributed by atoms with Gasteiger partial charge in [0.2, 0.25) is 5.82 Å². The Hall–Kier alpha value is -10.5. The second kappa shape index (κ2) is 30.2. The van der Waals surface area contributed by atoms with Crippen molar-refractivity contribution in [1.82, 2.24) is 35.1 Å². The molecular weight excluding hydrogens is 1260 g/mol. The molecule has 0 aliphatic carbocycles. The number of hydrogen-bond donors (Lipinski definition) is 9. The molecule has 0 fully saturated rings. The third-order valence-electron chi connectivity index (χ3n) is 10.1. The number of phenols is 3. The van der Waals surface area contributed by atoms with Gasteiger partial charge >= 0.3 is 5.97 Å². The molecule has 0 unspecified atom stereocenters. The second-order valence-electron chi connectivity index (χ2n) is 15.0. The minimum absolute atomic E-state index is 0. The summed E-state index contributed by atoms with van der Waals surface area (Å²) in [6.07, 6.45) is 0. The van der Waals surface area contributed by atoms with Gasteiger partial charge in [-0.2, -0.15) is 47.6 Å². The molecule has 0 saturated heterocycles. The summed E-state index contributed by atoms with van der Waals surface area (Å²) in [5.41, 5.74) is -0.456. The first-order valence-corrected chi connectivity index (χ1v) is 25.0. The topological polar surface area (TPSA) is 516 Å². The number of H-pyrrole nitrogens is 1. The van der Waals surface area contributed by atoms with Crippen LogP contribution in [0.25, 0.3) is 32.3 Å². The van der Waals surface area contributed by atoms with Gasteiger partial charge in [0.25, 0.3) is 26.2 Å². The zero-order valence-corrected chi connectivity index (χ0v) is 47.1. The molecule has 3 heterocycles. The number of aromatic hydroxyl groups is 3. The number of imidazole rings is 2. The molecule has 444 valence electrons. The van der Waals surface area contributed by atoms with E-state index in [2.05, 4.69) is 129 Å². The van der Waals surface area contributed by atoms with Crippen LogP contribution in [0.4, 0.5) is 40.7 Å². The Morgan fingerprint density at radius 1 is 0.640 bits per heavy atom. The first-order valence-electron chi connectivity index (χ1n) is 21.4. The van der Waals surface area contributed by atoms with E-state index in [9.17, 15) is 46.1 Å². The molecule has 0 aliphatic heterocycles. The van der Waals surface area contributed by atoms with E-state index in [0.29, 0.717) is 33.0 Å². The van der Waals surface area contributed by atoms with Gasteiger partial charge in [0, 0.05) is 82.4 Å². The molecule has 86 heavy (non-hydrogen) atoms. The number of carboxylic acid groups (broad SMARTS) is 1. The number of nitrogens with zero attached hydrogens (tertiary/aromatic N) is 16. The molecule has 9 rings (SSSR count). The third kappa shape index (κ3) is 16.6. The zero-order valence-electron chi connectivity index (χ0n) is 42.6. The Bertz CT molecular complexity index is 4550. The Balaban J connectivity index is 0.000000272. The van der Waals surface area contributed by atoms with E-state index in [1.165, 1.54) is 12.1 Å². The summed E-state index contributed by atoms with van der Waals surface area (Å²) in [5.74, 6) is -3.20. The molecule has 0 spiro atoms. The van der Waals surface area contributed by atoms with Gasteiger partial charge < -0.3 is 75.0 Å². The smallest absolute Gasteiger partial charge is 0.373 e. The number of fused-ring (bicyclic) bond motifs is 3. The van der Waals surface area contributed by atoms with E-state index in [-0.39, 0.29) is 99.8 Å². The average Bonchev–Trinajstić information content (AvgIpc) is 1.26. The monoisotopic (exact) mass is 1290 g/mol. The first kappa shape index (κ1) is 68.0. The number of thiol groups is 2. The second-order valence-corrected chi connectivity index (χ2v) is 18.1. The Morgan fingerprint density at radius 2 is 1.16 bits per heavy atom. The molecule has 6 aromatic carbocycles. The van der Waals surface area contributed by atoms with E-state index >= 15 is 0 Å². The molecule has 0 bridgehead atoms. The Morgan fingerprint density at radius 3 is 1.62 bits per heavy atom. The summed E-state index contributed by atoms with van der Waals surface area (Å²) >= 11 is 6.77. The van der Waals surface area contributed by atoms with Gasteiger partial charge in [0.05, 0.1) is 16.3 Å². The van der Waals surface area contributed by atoms with E-state index in [4.69, 9.17) is 30.7 Å². The van der Waals surface area contributed by atoms with E-state index in [0.717, 1.165) is 24.3 Å². The average molecular weight is 1290 g/mol. The quantitative estimate of drug-likeness (QED) is 0.00504. The molecule has 34 nitrogen and oxygen atoms in total. The Kier molecular flexibility index (Phi) is 23.8. The number of aromatic carboxylic acids is 1. The largest absolute Gasteiger partial charge is 0.506 e. The number of carbonyl (C=O) groups is 1. The van der Waals surface area contributed by atoms with Crippen LogP contribution < -0.4 is 19.7 Å². The van der Waals surface area contributed by atoms with Crippen LogP contribution in [0.2, 0.25) is 0 Å². The molecule has 7 N–H and O–H groups in total. The van der Waals surface area contributed by atoms with Crippen molar-refractivity contribution in [3.63, 3.8) is 0 Å². The predicted octanol–water partition coefficient (Wildman–Crippen LogP) is 8.36. The molecule has 0 saturated carbocycles. The number of carboxylic acids is 1. The number of phenolic OH excluding ortho intramolecular Hbond substituents is 3. The maximum absolute atomic E-state index is 11.5. The van der Waals surface area contributed by atoms with Gasteiger partial charge in [-0.25, -0.2) is 4.79 Å². The summed E-state index contributed by atoms with van der Waals surface area (Å²) < 4.78 is 72.4. The van der Waals surface area contributed by atoms with Crippen molar-refractivity contribution < 1.29 is 96.2 Å². The molecular formula is C47H31N17NiO17S4-4. The van der Waals surface area contributed by atoms with Gasteiger partial charge in [-0.1, -0.05) is 18.2 Å². The summed E-state index contributed by atoms with van der Waals surface area (Å²) in [7, 11) is -9.56. The predicted molar refractivity (Wildman–Crippen MR) is 297 cm³/mol. The number of hydrogen-bond acceptors (Lipinski definition) is 30. The molecule has 0 radical (unpaired) electrons. The van der Waals surface area contributed by atoms with Crippen LogP contribution >= 0.6 is 25.8 Å². The third-order valence-corrected chi connectivity index (χ3v) is 11.9. The van der Waals surface area contributed by atoms with Crippen LogP contribution in [0.5, 0.6) is 28.7 Å². The normalized spacial score (nSPS) is 10.5. The van der Waals surface area contributed by atoms with Crippen molar-refractivity contribution in [3.8, 4) is 47.0 Å². The fraction of sp³-hybridized carbons (Fsp3) is 0. The number of aliphatic imine (C=N–C) groups is 5. The van der Waals surface area contributed by atoms with Crippen molar-refractivity contribution in [2.24, 2.45) is 35.2 Å². The minimum atomic E-state index is -4.91. The molecule has 0 amide bonds. The fourth-order valence-electron chi connectivity index (χ4n) is 6.61. The van der Waals surface area contributed by atoms with Gasteiger partial charge in [-0.05, 0) is 99.7 Å². The first-order chi connectivity index (χ1) is 39.7. The number of azo groups is 1. The van der Waals surface area contributed by atoms with Crippen LogP contribution in [-0.2, 0) is 55.5 Å². The van der Waals surface area contributed by atoms with Crippen LogP contribution in [0.3, 0.4) is 0 Å². The molecule has 3 aromatic heterocycles. The van der Waals surface area contributed by atoms with Crippen molar-refractivity contribution >= 4 is 144 Å². The zero-order chi connectivity index (χ0) is 60.0. The van der Waals surface area contributed by atoms with Gasteiger partial charge in [-0.15, -0.1) is 24.0 Å². The van der Waals surface area contributed by atoms with E-state index in [1.807, 2.05) is 11.2 Å². The molecule has 0 atom stereocenters. The molecule has 9 aromatic rings. The minimum Gasteiger partial charge on any atom is -0.506 e. The van der Waals surface area contributed by atoms with Gasteiger partial charge in [0.1, 0.15) is 63.2 Å². The Labute approximate surface area is 502 Å². The number of benzene rings is 6. The summed E-state index contributed by atoms with van der Waals surface area (Å²) in [6.45, 7) is 3.30. The van der Waals surface area contributed by atoms with Crippen LogP contribution in [-0.4, -0.2) is 96.2 Å². The van der Waals surface area contributed by atoms with Crippen molar-refractivity contribution in [2.75, 3.05) is 0 Å². The van der Waals surface area contributed by atoms with Crippen molar-refractivity contribution in [1.29, 1.82) is 15.8 Å². The number of rotatable bonds is 16. The SMILES string of the molecule is C=Nc1nc(N=C=Nc2c(O)ccc3cc(OOOS)ccc23)[n-]c1C#N.N#Cc1nc(N=C=Nc2c(O)ccc3cc(OOOS)ccc23)[n-]c1C#N.O=C(O)c1nc(N=Nc2c(O)c(S(=O)(=O)O)cc3ccc(S(=O)(=O)O)cc23)n[nH]1.[CH3-].[CH3-].[Ni]. The molecule has 0 aliphatic rings. The molecule has 39 heteroatoms. The van der Waals surface area contributed by atoms with Crippen molar-refractivity contribution in [2.45, 2.75) is 9.79 Å². The van der Waals surface area contributed by atoms with E-state index in [1.54, 1.807) is 60.7 Å². The van der Waals surface area contributed by atoms with Gasteiger partial charge in [0.15, 0.2) is 17.2 Å². The van der Waals surface area contributed by atoms with Crippen LogP contribution in [0.1, 0.15) is 27.7 Å². The number of aromatic nitrogens is 7. The van der Waals surface area contributed by atoms with Gasteiger partial charge in [-0.3, -0.25) is 19.2 Å². The van der Waals surface area contributed by atoms with Crippen molar-refractivity contribution in [3.05, 3.63) is 123 Å². The number of nitriles is 3. The standard InChI is InChI=1S/C16H9N6O4S.C16H7N6O4S.C13H9N5O9S2.2CH3.Ni/c1-18-15-12(7-17)21-16(22-15)20-8-19-14-11-4-3-10(24-25-26-27)6-9(11)2-5-13(14)23;17-6-12-13(7-18)22-16(21-12)20-8-19-15-11-3-2-10(24-25-26-27)5-9(11)1-4-14(15)23;19-10-8(29(25,26)27)3-5-1-2-6(28(22,23)24)4-7(5)9(10)15-17-13-14-11(12(20)21)16-18-13;;;/h2-6H,1H2,(H2-,21,22,23,27);1-5H,(H2-,21,22,23,27);1-4,19H,(H,20,21)(H,14,16,18)(H,22,23,24)(H,25,26,27);2*1H3;/q2*-1;;2*-1;. The maximum atomic E-state index is 11.5. The summed E-state index contributed by atoms with van der Waals surface area (Å²) in [6, 6.07) is 29.7. The maximum Gasteiger partial charge on any atom is 0.373 e. The summed E-state index contributed by atoms with van der Waals surface area (Å²) in [5, 5.41) is 89.2. The van der Waals surface area contributed by atoms with Crippen LogP contribution in [0.15, 0.2) is 130 Å². The van der Waals surface area contributed by atoms with Crippen LogP contribution in [0, 0.1) is 48.8 Å². The number of nitrogens with one attached hydrogen (secondary N) is 1.